The highest BCUT2D eigenvalue weighted by molar-refractivity contribution is 6.21. The molecule has 8 rings (SSSR count). The monoisotopic (exact) mass is 834 g/mol. The maximum atomic E-state index is 4.79. The van der Waals surface area contributed by atoms with Gasteiger partial charge in [0.15, 0.2) is 0 Å². The van der Waals surface area contributed by atoms with Gasteiger partial charge in [0.25, 0.3) is 0 Å². The summed E-state index contributed by atoms with van der Waals surface area (Å²) in [5.74, 6) is 0. The Morgan fingerprint density at radius 3 is 0.688 bits per heavy atom. The third-order valence-corrected chi connectivity index (χ3v) is 10.7. The fraction of sp³-hybridized carbons (Fsp3) is 0.143. The summed E-state index contributed by atoms with van der Waals surface area (Å²) in [5.41, 5.74) is 14.6. The third kappa shape index (κ3) is 12.0. The highest BCUT2D eigenvalue weighted by atomic mass is 14.8. The Bertz CT molecular complexity index is 2820. The summed E-state index contributed by atoms with van der Waals surface area (Å²) in [6.45, 7) is 10.9. The van der Waals surface area contributed by atoms with Crippen molar-refractivity contribution in [3.8, 4) is 0 Å². The lowest BCUT2D eigenvalue weighted by Crippen LogP contribution is -2.14. The summed E-state index contributed by atoms with van der Waals surface area (Å²) in [5, 5.41) is 0. The number of rotatable bonds is 10. The van der Waals surface area contributed by atoms with Crippen LogP contribution in [0.25, 0.3) is 0 Å². The summed E-state index contributed by atoms with van der Waals surface area (Å²) in [7, 11) is 0. The standard InChI is InChI=1S/C56H50N8/c1-6-56(4,5)40-7-9-42(10-8-40)58-44-15-17-46(18-16-44)60-48-23-25-50(26-24-48)62-52-31-33-54(34-32-52)64-55-37-35-53(36-38-55)63-51-29-27-49(28-30-51)61-47-21-19-45(20-22-47)59-43-13-11-41(12-14-43)57-39(2)3/h7-39H,6H2,1-5H3. The zero-order valence-corrected chi connectivity index (χ0v) is 36.8. The number of benzene rings is 4. The normalized spacial score (nSPS) is 15.3. The first-order valence-corrected chi connectivity index (χ1v) is 21.6. The molecule has 0 N–H and O–H groups in total. The molecule has 0 atom stereocenters. The molecule has 0 heterocycles. The van der Waals surface area contributed by atoms with Gasteiger partial charge in [-0.15, -0.1) is 0 Å². The lowest BCUT2D eigenvalue weighted by Gasteiger charge is -2.23. The van der Waals surface area contributed by atoms with Gasteiger partial charge < -0.3 is 0 Å². The number of aliphatic imine (C=N–C) groups is 8. The van der Waals surface area contributed by atoms with Crippen LogP contribution in [0.1, 0.15) is 46.6 Å². The zero-order chi connectivity index (χ0) is 44.3. The molecule has 314 valence electrons. The Balaban J connectivity index is 0.808. The van der Waals surface area contributed by atoms with Gasteiger partial charge >= 0.3 is 0 Å². The number of hydrogen-bond donors (Lipinski definition) is 0. The van der Waals surface area contributed by atoms with Crippen LogP contribution in [-0.4, -0.2) is 51.7 Å². The van der Waals surface area contributed by atoms with Crippen LogP contribution in [-0.2, 0) is 5.41 Å². The van der Waals surface area contributed by atoms with Crippen LogP contribution < -0.4 is 0 Å². The maximum Gasteiger partial charge on any atom is 0.0638 e. The van der Waals surface area contributed by atoms with Gasteiger partial charge in [-0.2, -0.15) is 0 Å². The molecule has 4 aliphatic rings. The number of hydrogen-bond acceptors (Lipinski definition) is 8. The predicted octanol–water partition coefficient (Wildman–Crippen LogP) is 14.3. The molecular formula is C56H50N8. The van der Waals surface area contributed by atoms with Crippen molar-refractivity contribution >= 4 is 85.5 Å². The van der Waals surface area contributed by atoms with Crippen molar-refractivity contribution in [1.82, 2.24) is 0 Å². The lowest BCUT2D eigenvalue weighted by molar-refractivity contribution is 0.506. The molecule has 8 heteroatoms. The van der Waals surface area contributed by atoms with E-state index in [1.54, 1.807) is 0 Å². The SMILES string of the molecule is CCC(C)(C)c1ccc(N=C2C=CC(=Nc3ccc(N=C4C=CC(=Nc5ccc(N=C6C=CC(=Nc7ccc(N=C8C=CC(=NC(C)C)C=C8)cc7)C=C6)cc5)C=C4)cc3)C=C2)cc1. The topological polar surface area (TPSA) is 98.9 Å². The van der Waals surface area contributed by atoms with Crippen LogP contribution in [0.5, 0.6) is 0 Å². The van der Waals surface area contributed by atoms with E-state index in [-0.39, 0.29) is 11.5 Å². The molecule has 0 saturated carbocycles. The van der Waals surface area contributed by atoms with E-state index in [2.05, 4.69) is 63.9 Å². The van der Waals surface area contributed by atoms with Crippen molar-refractivity contribution in [3.63, 3.8) is 0 Å². The van der Waals surface area contributed by atoms with E-state index < -0.39 is 0 Å². The van der Waals surface area contributed by atoms with Crippen molar-refractivity contribution in [2.75, 3.05) is 0 Å². The van der Waals surface area contributed by atoms with Crippen LogP contribution in [0.4, 0.5) is 39.8 Å². The first-order chi connectivity index (χ1) is 31.1. The van der Waals surface area contributed by atoms with E-state index >= 15 is 0 Å². The molecule has 0 radical (unpaired) electrons. The molecule has 4 aromatic carbocycles. The third-order valence-electron chi connectivity index (χ3n) is 10.7. The summed E-state index contributed by atoms with van der Waals surface area (Å²) in [4.78, 5) is 38.0. The number of nitrogens with zero attached hydrogens (tertiary/aromatic N) is 8. The highest BCUT2D eigenvalue weighted by Gasteiger charge is 2.17. The minimum atomic E-state index is 0.162. The molecule has 4 aliphatic carbocycles. The van der Waals surface area contributed by atoms with Gasteiger partial charge in [-0.1, -0.05) is 32.9 Å². The minimum Gasteiger partial charge on any atom is -0.283 e. The minimum absolute atomic E-state index is 0.162. The maximum absolute atomic E-state index is 4.79. The second kappa shape index (κ2) is 19.9. The van der Waals surface area contributed by atoms with Crippen LogP contribution in [0.2, 0.25) is 0 Å². The molecule has 64 heavy (non-hydrogen) atoms. The molecule has 0 bridgehead atoms. The van der Waals surface area contributed by atoms with Gasteiger partial charge in [0.05, 0.1) is 85.5 Å². The average molecular weight is 835 g/mol. The Labute approximate surface area is 376 Å². The molecule has 0 unspecified atom stereocenters. The van der Waals surface area contributed by atoms with E-state index in [0.29, 0.717) is 0 Å². The first kappa shape index (κ1) is 42.8. The van der Waals surface area contributed by atoms with Crippen molar-refractivity contribution < 1.29 is 0 Å². The summed E-state index contributed by atoms with van der Waals surface area (Å²) in [6.07, 6.45) is 32.8. The van der Waals surface area contributed by atoms with Gasteiger partial charge in [0.2, 0.25) is 0 Å². The first-order valence-electron chi connectivity index (χ1n) is 21.6. The average Bonchev–Trinajstić information content (AvgIpc) is 3.31. The van der Waals surface area contributed by atoms with E-state index in [1.807, 2.05) is 170 Å². The molecule has 4 aromatic rings. The Morgan fingerprint density at radius 1 is 0.312 bits per heavy atom. The van der Waals surface area contributed by atoms with Gasteiger partial charge in [-0.3, -0.25) is 4.99 Å². The van der Waals surface area contributed by atoms with Gasteiger partial charge in [0.1, 0.15) is 0 Å². The zero-order valence-electron chi connectivity index (χ0n) is 36.8. The van der Waals surface area contributed by atoms with Crippen molar-refractivity contribution in [3.05, 3.63) is 200 Å². The lowest BCUT2D eigenvalue weighted by atomic mass is 9.82. The second-order valence-corrected chi connectivity index (χ2v) is 16.4. The van der Waals surface area contributed by atoms with Crippen LogP contribution in [0.3, 0.4) is 0 Å². The van der Waals surface area contributed by atoms with E-state index in [1.165, 1.54) is 5.56 Å². The van der Waals surface area contributed by atoms with Crippen LogP contribution in [0, 0.1) is 0 Å². The Kier molecular flexibility index (Phi) is 13.3. The van der Waals surface area contributed by atoms with Gasteiger partial charge in [0, 0.05) is 6.04 Å². The van der Waals surface area contributed by atoms with Gasteiger partial charge in [-0.05, 0) is 213 Å². The van der Waals surface area contributed by atoms with E-state index in [0.717, 1.165) is 91.9 Å². The molecule has 0 fully saturated rings. The van der Waals surface area contributed by atoms with Crippen molar-refractivity contribution in [2.45, 2.75) is 52.5 Å². The predicted molar refractivity (Wildman–Crippen MR) is 274 cm³/mol. The Morgan fingerprint density at radius 2 is 0.500 bits per heavy atom. The smallest absolute Gasteiger partial charge is 0.0638 e. The number of allylic oxidation sites excluding steroid dienone is 16. The Hall–Kier alpha value is -7.84. The van der Waals surface area contributed by atoms with Crippen molar-refractivity contribution in [2.24, 2.45) is 39.9 Å². The van der Waals surface area contributed by atoms with Gasteiger partial charge in [-0.25, -0.2) is 34.9 Å². The fourth-order valence-corrected chi connectivity index (χ4v) is 6.76. The molecule has 0 saturated heterocycles. The molecule has 0 spiro atoms. The quantitative estimate of drug-likeness (QED) is 0.142. The van der Waals surface area contributed by atoms with E-state index in [4.69, 9.17) is 34.9 Å². The summed E-state index contributed by atoms with van der Waals surface area (Å²) < 4.78 is 0. The highest BCUT2D eigenvalue weighted by Crippen LogP contribution is 2.29. The van der Waals surface area contributed by atoms with E-state index in [9.17, 15) is 0 Å². The molecule has 8 nitrogen and oxygen atoms in total. The molecule has 0 aromatic heterocycles. The molecule has 0 aliphatic heterocycles. The second-order valence-electron chi connectivity index (χ2n) is 16.4. The van der Waals surface area contributed by atoms with Crippen LogP contribution >= 0.6 is 0 Å². The summed E-state index contributed by atoms with van der Waals surface area (Å²) >= 11 is 0. The van der Waals surface area contributed by atoms with Crippen LogP contribution in [0.15, 0.2) is 234 Å². The molecular weight excluding hydrogens is 785 g/mol. The largest absolute Gasteiger partial charge is 0.283 e. The molecule has 0 amide bonds. The van der Waals surface area contributed by atoms with Crippen molar-refractivity contribution in [1.29, 1.82) is 0 Å². The fourth-order valence-electron chi connectivity index (χ4n) is 6.76. The summed E-state index contributed by atoms with van der Waals surface area (Å²) in [6, 6.07) is 32.5.